The van der Waals surface area contributed by atoms with Crippen LogP contribution in [0.5, 0.6) is 0 Å². The van der Waals surface area contributed by atoms with Crippen LogP contribution in [0.1, 0.15) is 18.4 Å². The van der Waals surface area contributed by atoms with Crippen LogP contribution < -0.4 is 0 Å². The molecule has 0 aliphatic heterocycles. The Bertz CT molecular complexity index is 404. The van der Waals surface area contributed by atoms with Crippen molar-refractivity contribution in [2.45, 2.75) is 19.3 Å². The third-order valence-corrected chi connectivity index (χ3v) is 3.13. The van der Waals surface area contributed by atoms with E-state index in [9.17, 15) is 4.39 Å². The summed E-state index contributed by atoms with van der Waals surface area (Å²) in [6.07, 6.45) is 2.35. The average molecular weight is 254 g/mol. The molecule has 0 aromatic heterocycles. The van der Waals surface area contributed by atoms with Crippen molar-refractivity contribution in [3.05, 3.63) is 34.1 Å². The number of hydrogen-bond acceptors (Lipinski definition) is 1. The van der Waals surface area contributed by atoms with E-state index < -0.39 is 0 Å². The zero-order valence-corrected chi connectivity index (χ0v) is 9.14. The standard InChI is InChI=1S/C11H9BrFN/c12-9-2-1-8(10(13)5-9)6-11(7-14)3-4-11/h1-2,5H,3-4,6H2. The van der Waals surface area contributed by atoms with Crippen molar-refractivity contribution in [3.63, 3.8) is 0 Å². The number of benzene rings is 1. The van der Waals surface area contributed by atoms with Gasteiger partial charge in [0.25, 0.3) is 0 Å². The molecule has 14 heavy (non-hydrogen) atoms. The van der Waals surface area contributed by atoms with E-state index in [4.69, 9.17) is 5.26 Å². The van der Waals surface area contributed by atoms with E-state index in [2.05, 4.69) is 22.0 Å². The monoisotopic (exact) mass is 253 g/mol. The van der Waals surface area contributed by atoms with Gasteiger partial charge in [-0.15, -0.1) is 0 Å². The van der Waals surface area contributed by atoms with E-state index in [1.165, 1.54) is 6.07 Å². The molecule has 0 bridgehead atoms. The quantitative estimate of drug-likeness (QED) is 0.793. The second-order valence-electron chi connectivity index (χ2n) is 3.80. The third kappa shape index (κ3) is 1.80. The zero-order chi connectivity index (χ0) is 10.2. The molecular formula is C11H9BrFN. The molecule has 0 radical (unpaired) electrons. The second-order valence-corrected chi connectivity index (χ2v) is 4.72. The molecule has 1 nitrogen and oxygen atoms in total. The highest BCUT2D eigenvalue weighted by Gasteiger charge is 2.43. The highest BCUT2D eigenvalue weighted by Crippen LogP contribution is 2.47. The summed E-state index contributed by atoms with van der Waals surface area (Å²) in [5.74, 6) is -0.221. The first-order valence-electron chi connectivity index (χ1n) is 4.50. The first-order chi connectivity index (χ1) is 6.65. The molecule has 0 saturated heterocycles. The summed E-state index contributed by atoms with van der Waals surface area (Å²) in [5.41, 5.74) is 0.376. The number of rotatable bonds is 2. The lowest BCUT2D eigenvalue weighted by Gasteiger charge is -2.06. The normalized spacial score (nSPS) is 17.5. The molecule has 0 heterocycles. The van der Waals surface area contributed by atoms with Gasteiger partial charge in [0.05, 0.1) is 11.5 Å². The lowest BCUT2D eigenvalue weighted by molar-refractivity contribution is 0.577. The van der Waals surface area contributed by atoms with Crippen molar-refractivity contribution in [1.29, 1.82) is 5.26 Å². The Kier molecular flexibility index (Phi) is 2.32. The molecular weight excluding hydrogens is 245 g/mol. The van der Waals surface area contributed by atoms with E-state index >= 15 is 0 Å². The molecule has 1 fully saturated rings. The largest absolute Gasteiger partial charge is 0.207 e. The van der Waals surface area contributed by atoms with E-state index in [1.807, 2.05) is 6.07 Å². The van der Waals surface area contributed by atoms with E-state index in [-0.39, 0.29) is 11.2 Å². The molecule has 1 saturated carbocycles. The summed E-state index contributed by atoms with van der Waals surface area (Å²) in [4.78, 5) is 0. The maximum absolute atomic E-state index is 13.4. The van der Waals surface area contributed by atoms with Gasteiger partial charge >= 0.3 is 0 Å². The Morgan fingerprint density at radius 3 is 2.71 bits per heavy atom. The van der Waals surface area contributed by atoms with Crippen LogP contribution in [0.3, 0.4) is 0 Å². The van der Waals surface area contributed by atoms with Crippen molar-refractivity contribution < 1.29 is 4.39 Å². The first kappa shape index (κ1) is 9.67. The zero-order valence-electron chi connectivity index (χ0n) is 7.56. The topological polar surface area (TPSA) is 23.8 Å². The lowest BCUT2D eigenvalue weighted by Crippen LogP contribution is -2.03. The second kappa shape index (κ2) is 3.36. The Balaban J connectivity index is 2.22. The summed E-state index contributed by atoms with van der Waals surface area (Å²) >= 11 is 3.20. The minimum Gasteiger partial charge on any atom is -0.207 e. The van der Waals surface area contributed by atoms with Gasteiger partial charge in [0.1, 0.15) is 5.82 Å². The summed E-state index contributed by atoms with van der Waals surface area (Å²) in [5, 5.41) is 8.88. The van der Waals surface area contributed by atoms with Gasteiger partial charge < -0.3 is 0 Å². The number of halogens is 2. The molecule has 1 aromatic rings. The number of nitrogens with zero attached hydrogens (tertiary/aromatic N) is 1. The summed E-state index contributed by atoms with van der Waals surface area (Å²) in [6.45, 7) is 0. The fourth-order valence-corrected chi connectivity index (χ4v) is 1.84. The van der Waals surface area contributed by atoms with Gasteiger partial charge in [-0.3, -0.25) is 0 Å². The molecule has 0 amide bonds. The van der Waals surface area contributed by atoms with Crippen LogP contribution in [0.4, 0.5) is 4.39 Å². The summed E-state index contributed by atoms with van der Waals surface area (Å²) < 4.78 is 14.1. The molecule has 1 aliphatic rings. The van der Waals surface area contributed by atoms with Crippen molar-refractivity contribution in [2.75, 3.05) is 0 Å². The van der Waals surface area contributed by atoms with E-state index in [1.54, 1.807) is 6.07 Å². The minimum absolute atomic E-state index is 0.221. The van der Waals surface area contributed by atoms with Gasteiger partial charge in [-0.2, -0.15) is 5.26 Å². The summed E-state index contributed by atoms with van der Waals surface area (Å²) in [7, 11) is 0. The smallest absolute Gasteiger partial charge is 0.127 e. The maximum Gasteiger partial charge on any atom is 0.127 e. The average Bonchev–Trinajstić information content (AvgIpc) is 2.91. The Labute approximate surface area is 90.7 Å². The molecule has 2 rings (SSSR count). The fraction of sp³-hybridized carbons (Fsp3) is 0.364. The molecule has 0 spiro atoms. The van der Waals surface area contributed by atoms with Crippen molar-refractivity contribution in [3.8, 4) is 6.07 Å². The van der Waals surface area contributed by atoms with E-state index in [0.717, 1.165) is 17.3 Å². The lowest BCUT2D eigenvalue weighted by atomic mass is 9.98. The van der Waals surface area contributed by atoms with Gasteiger partial charge in [0, 0.05) is 4.47 Å². The van der Waals surface area contributed by atoms with Crippen molar-refractivity contribution in [1.82, 2.24) is 0 Å². The number of nitriles is 1. The van der Waals surface area contributed by atoms with Crippen LogP contribution in [0.15, 0.2) is 22.7 Å². The van der Waals surface area contributed by atoms with Crippen LogP contribution in [0.2, 0.25) is 0 Å². The Hall–Kier alpha value is -0.880. The highest BCUT2D eigenvalue weighted by atomic mass is 79.9. The maximum atomic E-state index is 13.4. The van der Waals surface area contributed by atoms with E-state index in [0.29, 0.717) is 12.0 Å². The van der Waals surface area contributed by atoms with Crippen LogP contribution in [-0.2, 0) is 6.42 Å². The fourth-order valence-electron chi connectivity index (χ4n) is 1.51. The van der Waals surface area contributed by atoms with Crippen LogP contribution >= 0.6 is 15.9 Å². The predicted octanol–water partition coefficient (Wildman–Crippen LogP) is 3.43. The van der Waals surface area contributed by atoms with Gasteiger partial charge in [0.2, 0.25) is 0 Å². The summed E-state index contributed by atoms with van der Waals surface area (Å²) in [6, 6.07) is 7.27. The Morgan fingerprint density at radius 1 is 1.50 bits per heavy atom. The van der Waals surface area contributed by atoms with Gasteiger partial charge in [-0.25, -0.2) is 4.39 Å². The van der Waals surface area contributed by atoms with Crippen LogP contribution in [0, 0.1) is 22.6 Å². The van der Waals surface area contributed by atoms with Gasteiger partial charge in [0.15, 0.2) is 0 Å². The molecule has 1 aromatic carbocycles. The number of hydrogen-bond donors (Lipinski definition) is 0. The highest BCUT2D eigenvalue weighted by molar-refractivity contribution is 9.10. The van der Waals surface area contributed by atoms with Crippen LogP contribution in [0.25, 0.3) is 0 Å². The van der Waals surface area contributed by atoms with Crippen LogP contribution in [-0.4, -0.2) is 0 Å². The molecule has 0 N–H and O–H groups in total. The molecule has 1 aliphatic carbocycles. The van der Waals surface area contributed by atoms with Gasteiger partial charge in [-0.05, 0) is 37.0 Å². The van der Waals surface area contributed by atoms with Gasteiger partial charge in [-0.1, -0.05) is 22.0 Å². The molecule has 72 valence electrons. The van der Waals surface area contributed by atoms with Crippen molar-refractivity contribution in [2.24, 2.45) is 5.41 Å². The molecule has 0 atom stereocenters. The Morgan fingerprint density at radius 2 is 2.21 bits per heavy atom. The minimum atomic E-state index is -0.269. The molecule has 0 unspecified atom stereocenters. The third-order valence-electron chi connectivity index (χ3n) is 2.63. The predicted molar refractivity (Wildman–Crippen MR) is 55.1 cm³/mol. The first-order valence-corrected chi connectivity index (χ1v) is 5.30. The molecule has 3 heteroatoms. The van der Waals surface area contributed by atoms with Crippen molar-refractivity contribution >= 4 is 15.9 Å². The SMILES string of the molecule is N#CC1(Cc2ccc(Br)cc2F)CC1.